The minimum Gasteiger partial charge on any atom is -0.457 e. The number of nitrogens with one attached hydrogen (secondary N) is 2. The van der Waals surface area contributed by atoms with E-state index >= 15 is 0 Å². The van der Waals surface area contributed by atoms with Crippen LogP contribution in [0.15, 0.2) is 54.9 Å². The van der Waals surface area contributed by atoms with Crippen LogP contribution in [0.2, 0.25) is 5.02 Å². The number of nitrogens with zero attached hydrogens (tertiary/aromatic N) is 2. The normalized spacial score (nSPS) is 10.3. The Morgan fingerprint density at radius 2 is 2.00 bits per heavy atom. The first-order valence-corrected chi connectivity index (χ1v) is 7.24. The lowest BCUT2D eigenvalue weighted by Crippen LogP contribution is -2.23. The average molecular weight is 329 g/mol. The highest BCUT2D eigenvalue weighted by atomic mass is 35.5. The molecule has 2 N–H and O–H groups in total. The maximum absolute atomic E-state index is 12.1. The van der Waals surface area contributed by atoms with E-state index in [0.29, 0.717) is 27.9 Å². The molecule has 1 aromatic heterocycles. The van der Waals surface area contributed by atoms with Crippen LogP contribution in [0.5, 0.6) is 11.5 Å². The topological polar surface area (TPSA) is 79.9 Å². The summed E-state index contributed by atoms with van der Waals surface area (Å²) in [4.78, 5) is 16.1. The zero-order valence-electron chi connectivity index (χ0n) is 12.0. The fourth-order valence-corrected chi connectivity index (χ4v) is 2.05. The molecule has 0 unspecified atom stereocenters. The molecule has 0 aliphatic rings. The molecular formula is C16H13ClN4O2. The molecule has 0 aliphatic carbocycles. The number of carbonyl (C=O) groups excluding carboxylic acids is 1. The van der Waals surface area contributed by atoms with E-state index in [1.165, 1.54) is 6.33 Å². The summed E-state index contributed by atoms with van der Waals surface area (Å²) in [5, 5.41) is 9.80. The quantitative estimate of drug-likeness (QED) is 0.754. The van der Waals surface area contributed by atoms with Crippen LogP contribution in [0.1, 0.15) is 16.2 Å². The van der Waals surface area contributed by atoms with Gasteiger partial charge < -0.3 is 10.1 Å². The molecule has 6 nitrogen and oxygen atoms in total. The molecule has 7 heteroatoms. The number of hydrogen-bond acceptors (Lipinski definition) is 4. The molecule has 0 spiro atoms. The van der Waals surface area contributed by atoms with E-state index in [0.717, 1.165) is 0 Å². The van der Waals surface area contributed by atoms with Gasteiger partial charge in [0.2, 0.25) is 0 Å². The molecule has 23 heavy (non-hydrogen) atoms. The van der Waals surface area contributed by atoms with Crippen molar-refractivity contribution in [3.8, 4) is 11.5 Å². The van der Waals surface area contributed by atoms with Crippen LogP contribution in [0.25, 0.3) is 0 Å². The number of amides is 1. The van der Waals surface area contributed by atoms with Crippen molar-refractivity contribution in [1.82, 2.24) is 20.5 Å². The molecule has 0 fully saturated rings. The average Bonchev–Trinajstić information content (AvgIpc) is 3.08. The van der Waals surface area contributed by atoms with Crippen LogP contribution in [0.4, 0.5) is 0 Å². The third-order valence-corrected chi connectivity index (χ3v) is 3.28. The second-order valence-corrected chi connectivity index (χ2v) is 5.14. The Bertz CT molecular complexity index is 788. The molecule has 0 saturated heterocycles. The van der Waals surface area contributed by atoms with Gasteiger partial charge >= 0.3 is 0 Å². The number of carbonyl (C=O) groups is 1. The second kappa shape index (κ2) is 6.93. The number of aromatic nitrogens is 3. The molecule has 0 aliphatic heterocycles. The highest BCUT2D eigenvalue weighted by molar-refractivity contribution is 6.30. The summed E-state index contributed by atoms with van der Waals surface area (Å²) in [6, 6.07) is 13.9. The summed E-state index contributed by atoms with van der Waals surface area (Å²) < 4.78 is 5.71. The lowest BCUT2D eigenvalue weighted by molar-refractivity contribution is 0.0949. The van der Waals surface area contributed by atoms with Crippen LogP contribution >= 0.6 is 11.6 Å². The maximum atomic E-state index is 12.1. The van der Waals surface area contributed by atoms with Crippen LogP contribution in [0, 0.1) is 0 Å². The fraction of sp³-hybridized carbons (Fsp3) is 0.0625. The minimum absolute atomic E-state index is 0.219. The Morgan fingerprint density at radius 1 is 1.17 bits per heavy atom. The smallest absolute Gasteiger partial charge is 0.251 e. The van der Waals surface area contributed by atoms with Gasteiger partial charge in [-0.25, -0.2) is 4.98 Å². The first-order valence-electron chi connectivity index (χ1n) is 6.86. The minimum atomic E-state index is -0.219. The predicted molar refractivity (Wildman–Crippen MR) is 85.5 cm³/mol. The first kappa shape index (κ1) is 15.1. The molecule has 1 amide bonds. The van der Waals surface area contributed by atoms with Gasteiger partial charge in [-0.15, -0.1) is 0 Å². The van der Waals surface area contributed by atoms with Gasteiger partial charge in [0.05, 0.1) is 6.54 Å². The van der Waals surface area contributed by atoms with E-state index in [-0.39, 0.29) is 12.5 Å². The number of rotatable bonds is 5. The van der Waals surface area contributed by atoms with E-state index in [9.17, 15) is 4.79 Å². The molecule has 116 valence electrons. The Labute approximate surface area is 137 Å². The van der Waals surface area contributed by atoms with E-state index in [4.69, 9.17) is 16.3 Å². The monoisotopic (exact) mass is 328 g/mol. The standard InChI is InChI=1S/C16H13ClN4O2/c17-12-4-6-13(7-5-12)23-14-3-1-2-11(8-14)16(22)18-9-15-19-10-20-21-15/h1-8,10H,9H2,(H,18,22)(H,19,20,21). The van der Waals surface area contributed by atoms with Gasteiger partial charge in [-0.2, -0.15) is 5.10 Å². The number of aromatic amines is 1. The van der Waals surface area contributed by atoms with Crippen molar-refractivity contribution in [2.24, 2.45) is 0 Å². The summed E-state index contributed by atoms with van der Waals surface area (Å²) in [5.74, 6) is 1.59. The van der Waals surface area contributed by atoms with Gasteiger partial charge in [-0.3, -0.25) is 9.89 Å². The lowest BCUT2D eigenvalue weighted by Gasteiger charge is -2.08. The molecule has 3 aromatic rings. The Kier molecular flexibility index (Phi) is 4.54. The van der Waals surface area contributed by atoms with E-state index in [2.05, 4.69) is 20.5 Å². The van der Waals surface area contributed by atoms with Crippen molar-refractivity contribution >= 4 is 17.5 Å². The first-order chi connectivity index (χ1) is 11.2. The van der Waals surface area contributed by atoms with Crippen molar-refractivity contribution in [3.05, 3.63) is 71.3 Å². The Hall–Kier alpha value is -2.86. The number of halogens is 1. The highest BCUT2D eigenvalue weighted by Gasteiger charge is 2.08. The molecular weight excluding hydrogens is 316 g/mol. The van der Waals surface area contributed by atoms with Crippen LogP contribution in [-0.4, -0.2) is 21.1 Å². The van der Waals surface area contributed by atoms with Crippen molar-refractivity contribution in [3.63, 3.8) is 0 Å². The van der Waals surface area contributed by atoms with E-state index in [1.807, 2.05) is 0 Å². The van der Waals surface area contributed by atoms with E-state index in [1.54, 1.807) is 48.5 Å². The summed E-state index contributed by atoms with van der Waals surface area (Å²) in [5.41, 5.74) is 0.496. The third kappa shape index (κ3) is 4.08. The number of ether oxygens (including phenoxy) is 1. The van der Waals surface area contributed by atoms with Gasteiger partial charge in [0.1, 0.15) is 23.7 Å². The lowest BCUT2D eigenvalue weighted by atomic mass is 10.2. The van der Waals surface area contributed by atoms with Gasteiger partial charge in [0.25, 0.3) is 5.91 Å². The van der Waals surface area contributed by atoms with Crippen LogP contribution in [0.3, 0.4) is 0 Å². The summed E-state index contributed by atoms with van der Waals surface area (Å²) in [6.45, 7) is 0.279. The van der Waals surface area contributed by atoms with Crippen molar-refractivity contribution in [2.75, 3.05) is 0 Å². The summed E-state index contributed by atoms with van der Waals surface area (Å²) in [7, 11) is 0. The van der Waals surface area contributed by atoms with Crippen LogP contribution in [-0.2, 0) is 6.54 Å². The van der Waals surface area contributed by atoms with E-state index < -0.39 is 0 Å². The summed E-state index contributed by atoms with van der Waals surface area (Å²) in [6.07, 6.45) is 1.39. The Balaban J connectivity index is 1.66. The third-order valence-electron chi connectivity index (χ3n) is 3.03. The number of benzene rings is 2. The number of H-pyrrole nitrogens is 1. The zero-order valence-corrected chi connectivity index (χ0v) is 12.7. The highest BCUT2D eigenvalue weighted by Crippen LogP contribution is 2.23. The molecule has 0 atom stereocenters. The largest absolute Gasteiger partial charge is 0.457 e. The molecule has 1 heterocycles. The molecule has 0 radical (unpaired) electrons. The maximum Gasteiger partial charge on any atom is 0.251 e. The van der Waals surface area contributed by atoms with Gasteiger partial charge in [0.15, 0.2) is 0 Å². The molecule has 2 aromatic carbocycles. The van der Waals surface area contributed by atoms with Gasteiger partial charge in [0, 0.05) is 10.6 Å². The van der Waals surface area contributed by atoms with Crippen molar-refractivity contribution in [2.45, 2.75) is 6.54 Å². The van der Waals surface area contributed by atoms with Crippen molar-refractivity contribution in [1.29, 1.82) is 0 Å². The zero-order chi connectivity index (χ0) is 16.1. The Morgan fingerprint density at radius 3 is 2.74 bits per heavy atom. The van der Waals surface area contributed by atoms with Crippen LogP contribution < -0.4 is 10.1 Å². The molecule has 0 saturated carbocycles. The van der Waals surface area contributed by atoms with Crippen molar-refractivity contribution < 1.29 is 9.53 Å². The fourth-order valence-electron chi connectivity index (χ4n) is 1.92. The molecule has 3 rings (SSSR count). The summed E-state index contributed by atoms with van der Waals surface area (Å²) >= 11 is 5.84. The number of hydrogen-bond donors (Lipinski definition) is 2. The SMILES string of the molecule is O=C(NCc1ncn[nH]1)c1cccc(Oc2ccc(Cl)cc2)c1. The van der Waals surface area contributed by atoms with Gasteiger partial charge in [-0.05, 0) is 42.5 Å². The predicted octanol–water partition coefficient (Wildman–Crippen LogP) is 3.18. The van der Waals surface area contributed by atoms with Gasteiger partial charge in [-0.1, -0.05) is 17.7 Å². The molecule has 0 bridgehead atoms. The second-order valence-electron chi connectivity index (χ2n) is 4.70.